The molecule has 6 aliphatic rings. The molecule has 0 bridgehead atoms. The molecule has 0 amide bonds. The molecule has 1 aromatic carbocycles. The van der Waals surface area contributed by atoms with Crippen LogP contribution in [0.1, 0.15) is 44.1 Å². The number of hydrogen-bond acceptors (Lipinski definition) is 11. The summed E-state index contributed by atoms with van der Waals surface area (Å²) in [5.41, 5.74) is 9.47. The van der Waals surface area contributed by atoms with Crippen molar-refractivity contribution in [1.29, 1.82) is 5.26 Å². The topological polar surface area (TPSA) is 154 Å². The fourth-order valence-corrected chi connectivity index (χ4v) is 8.08. The number of likely N-dealkylation sites (N-methyl/N-ethyl adjacent to an activating group) is 2. The molecular formula is C30H48N9O3+. The van der Waals surface area contributed by atoms with Crippen LogP contribution in [0.15, 0.2) is 18.2 Å². The molecule has 230 valence electrons. The number of nitrogens with one attached hydrogen (secondary N) is 4. The Labute approximate surface area is 248 Å². The molecule has 3 saturated heterocycles. The van der Waals surface area contributed by atoms with Gasteiger partial charge in [-0.15, -0.1) is 0 Å². The molecule has 42 heavy (non-hydrogen) atoms. The van der Waals surface area contributed by atoms with Crippen LogP contribution < -0.4 is 27.0 Å². The monoisotopic (exact) mass is 582 g/mol. The Hall–Kier alpha value is -2.05. The van der Waals surface area contributed by atoms with Crippen molar-refractivity contribution in [1.82, 2.24) is 20.4 Å². The molecule has 8 N–H and O–H groups in total. The second kappa shape index (κ2) is 10.5. The second-order valence-electron chi connectivity index (χ2n) is 14.3. The van der Waals surface area contributed by atoms with E-state index in [-0.39, 0.29) is 30.0 Å². The Morgan fingerprint density at radius 1 is 1.14 bits per heavy atom. The molecule has 2 aliphatic carbocycles. The summed E-state index contributed by atoms with van der Waals surface area (Å²) < 4.78 is 7.07. The third kappa shape index (κ3) is 4.89. The van der Waals surface area contributed by atoms with Gasteiger partial charge in [-0.3, -0.25) is 15.1 Å². The van der Waals surface area contributed by atoms with Crippen LogP contribution in [0.3, 0.4) is 0 Å². The average Bonchev–Trinajstić information content (AvgIpc) is 3.28. The van der Waals surface area contributed by atoms with Crippen LogP contribution in [0, 0.1) is 17.2 Å². The highest BCUT2D eigenvalue weighted by molar-refractivity contribution is 5.76. The zero-order valence-electron chi connectivity index (χ0n) is 25.0. The minimum atomic E-state index is -0.967. The summed E-state index contributed by atoms with van der Waals surface area (Å²) in [5, 5.41) is 45.7. The summed E-state index contributed by atoms with van der Waals surface area (Å²) in [6, 6.07) is 9.38. The molecule has 4 heterocycles. The van der Waals surface area contributed by atoms with E-state index < -0.39 is 24.5 Å². The number of hydrogen-bond donors (Lipinski definition) is 7. The maximum atomic E-state index is 11.0. The van der Waals surface area contributed by atoms with Gasteiger partial charge in [-0.25, -0.2) is 4.90 Å². The van der Waals surface area contributed by atoms with E-state index in [1.165, 1.54) is 0 Å². The Morgan fingerprint density at radius 3 is 2.64 bits per heavy atom. The van der Waals surface area contributed by atoms with E-state index >= 15 is 0 Å². The van der Waals surface area contributed by atoms with Crippen LogP contribution in [0.5, 0.6) is 0 Å². The van der Waals surface area contributed by atoms with E-state index in [0.29, 0.717) is 29.7 Å². The summed E-state index contributed by atoms with van der Waals surface area (Å²) in [6.45, 7) is 1.88. The average molecular weight is 583 g/mol. The number of ether oxygens (including phenoxy) is 1. The van der Waals surface area contributed by atoms with Crippen molar-refractivity contribution in [3.63, 3.8) is 0 Å². The van der Waals surface area contributed by atoms with Crippen LogP contribution in [-0.4, -0.2) is 121 Å². The number of nitriles is 1. The first kappa shape index (κ1) is 28.7. The first-order valence-corrected chi connectivity index (χ1v) is 15.7. The lowest BCUT2D eigenvalue weighted by molar-refractivity contribution is -0.935. The number of aliphatic hydroxyl groups is 2. The van der Waals surface area contributed by atoms with Gasteiger partial charge in [-0.05, 0) is 69.2 Å². The predicted molar refractivity (Wildman–Crippen MR) is 159 cm³/mol. The number of anilines is 2. The van der Waals surface area contributed by atoms with Crippen LogP contribution in [-0.2, 0) is 10.2 Å². The zero-order valence-corrected chi connectivity index (χ0v) is 25.0. The Bertz CT molecular complexity index is 1210. The first-order chi connectivity index (χ1) is 20.1. The van der Waals surface area contributed by atoms with Gasteiger partial charge in [0.2, 0.25) is 0 Å². The molecule has 5 fully saturated rings. The van der Waals surface area contributed by atoms with Crippen LogP contribution in [0.2, 0.25) is 0 Å². The molecule has 1 aromatic rings. The molecule has 4 unspecified atom stereocenters. The van der Waals surface area contributed by atoms with Gasteiger partial charge in [0.1, 0.15) is 37.3 Å². The van der Waals surface area contributed by atoms with Crippen molar-refractivity contribution in [2.45, 2.75) is 99.1 Å². The van der Waals surface area contributed by atoms with E-state index in [9.17, 15) is 15.5 Å². The van der Waals surface area contributed by atoms with E-state index in [1.54, 1.807) is 0 Å². The fraction of sp³-hybridized carbons (Fsp3) is 0.767. The molecule has 7 rings (SSSR count). The molecule has 0 aromatic heterocycles. The van der Waals surface area contributed by atoms with Crippen molar-refractivity contribution in [3.05, 3.63) is 23.8 Å². The van der Waals surface area contributed by atoms with Gasteiger partial charge in [-0.1, -0.05) is 6.07 Å². The first-order valence-electron chi connectivity index (χ1n) is 15.7. The van der Waals surface area contributed by atoms with Crippen molar-refractivity contribution >= 4 is 11.4 Å². The van der Waals surface area contributed by atoms with Gasteiger partial charge in [0.15, 0.2) is 6.17 Å². The van der Waals surface area contributed by atoms with Gasteiger partial charge >= 0.3 is 0 Å². The van der Waals surface area contributed by atoms with Crippen molar-refractivity contribution in [3.8, 4) is 6.07 Å². The number of nitrogens with zero attached hydrogens (tertiary/aromatic N) is 4. The molecule has 2 saturated carbocycles. The Kier molecular flexibility index (Phi) is 7.20. The lowest BCUT2D eigenvalue weighted by atomic mass is 9.76. The number of quaternary nitrogens is 1. The number of benzene rings is 1. The fourth-order valence-electron chi connectivity index (χ4n) is 8.08. The Morgan fingerprint density at radius 2 is 1.90 bits per heavy atom. The lowest BCUT2D eigenvalue weighted by Crippen LogP contribution is -2.74. The maximum absolute atomic E-state index is 11.0. The molecule has 8 atom stereocenters. The predicted octanol–water partition coefficient (Wildman–Crippen LogP) is -0.178. The summed E-state index contributed by atoms with van der Waals surface area (Å²) in [6.07, 6.45) is 3.59. The number of fused-ring (bicyclic) bond motifs is 2. The maximum Gasteiger partial charge on any atom is 0.167 e. The van der Waals surface area contributed by atoms with Gasteiger partial charge in [0, 0.05) is 12.6 Å². The highest BCUT2D eigenvalue weighted by atomic mass is 16.6. The third-order valence-corrected chi connectivity index (χ3v) is 11.0. The number of rotatable bonds is 8. The molecule has 0 radical (unpaired) electrons. The van der Waals surface area contributed by atoms with Crippen molar-refractivity contribution in [2.24, 2.45) is 11.7 Å². The summed E-state index contributed by atoms with van der Waals surface area (Å²) in [7, 11) is 6.41. The molecule has 12 nitrogen and oxygen atoms in total. The van der Waals surface area contributed by atoms with Crippen molar-refractivity contribution in [2.75, 3.05) is 51.7 Å². The summed E-state index contributed by atoms with van der Waals surface area (Å²) >= 11 is 0. The zero-order chi connectivity index (χ0) is 29.4. The van der Waals surface area contributed by atoms with Crippen LogP contribution in [0.25, 0.3) is 0 Å². The smallest absolute Gasteiger partial charge is 0.167 e. The van der Waals surface area contributed by atoms with Crippen LogP contribution in [0.4, 0.5) is 11.4 Å². The number of aliphatic hydroxyl groups excluding tert-OH is 2. The quantitative estimate of drug-likeness (QED) is 0.204. The third-order valence-electron chi connectivity index (χ3n) is 11.0. The van der Waals surface area contributed by atoms with E-state index in [1.807, 2.05) is 0 Å². The summed E-state index contributed by atoms with van der Waals surface area (Å²) in [5.74, 6) is 0.679. The van der Waals surface area contributed by atoms with E-state index in [2.05, 4.69) is 76.5 Å². The molecule has 4 aliphatic heterocycles. The van der Waals surface area contributed by atoms with E-state index in [0.717, 1.165) is 62.1 Å². The minimum absolute atomic E-state index is 0.0370. The molecule has 12 heteroatoms. The second-order valence-corrected chi connectivity index (χ2v) is 14.3. The Balaban J connectivity index is 0.873. The number of nitrogens with two attached hydrogens (primary N) is 1. The van der Waals surface area contributed by atoms with Crippen molar-refractivity contribution < 1.29 is 19.4 Å². The minimum Gasteiger partial charge on any atom is -0.387 e. The van der Waals surface area contributed by atoms with Gasteiger partial charge in [0.05, 0.1) is 56.0 Å². The highest BCUT2D eigenvalue weighted by Gasteiger charge is 2.57. The van der Waals surface area contributed by atoms with Crippen LogP contribution >= 0.6 is 0 Å². The normalized spacial score (nSPS) is 41.4. The standard InChI is InChI=1S/C30H48N9O3/c1-37(13-22-25(40)26(41)29(42-22)38-15-33-24-27(32)34-16-39(2,3)28(24)38)19-10-17(11-19)4-7-23-35-20-6-5-18(12-21(20)36-23)30(14-31)8-9-30/h5-6,12,17,19,22-29,33-36,40-41H,4,7-11,13,15-16,32H2,1-3H3/q+1/t17?,19?,22-,23?,24?,25-,26-,27?,28?,29-/m1/s1. The molecule has 0 spiro atoms. The lowest BCUT2D eigenvalue weighted by Gasteiger charge is -2.48. The highest BCUT2D eigenvalue weighted by Crippen LogP contribution is 2.49. The largest absolute Gasteiger partial charge is 0.387 e. The van der Waals surface area contributed by atoms with Gasteiger partial charge in [0.25, 0.3) is 0 Å². The summed E-state index contributed by atoms with van der Waals surface area (Å²) in [4.78, 5) is 4.45. The molecular weight excluding hydrogens is 534 g/mol. The van der Waals surface area contributed by atoms with Gasteiger partial charge < -0.3 is 36.2 Å². The SMILES string of the molecule is CN(C[C@H]1O[C@@H](N2CNC3C(N)NC[N+](C)(C)C32)[C@H](O)[C@@H]1O)C1CC(CCC2Nc3ccc(C4(C#N)CC4)cc3N2)C1. The van der Waals surface area contributed by atoms with E-state index in [4.69, 9.17) is 10.5 Å². The van der Waals surface area contributed by atoms with Gasteiger partial charge in [-0.2, -0.15) is 5.26 Å².